The summed E-state index contributed by atoms with van der Waals surface area (Å²) in [5, 5.41) is 25.9. The number of rotatable bonds is 17. The van der Waals surface area contributed by atoms with Gasteiger partial charge in [-0.1, -0.05) is 34.1 Å². The third kappa shape index (κ3) is 11.4. The van der Waals surface area contributed by atoms with E-state index in [2.05, 4.69) is 16.0 Å². The van der Waals surface area contributed by atoms with Crippen molar-refractivity contribution in [2.45, 2.75) is 90.4 Å². The lowest BCUT2D eigenvalue weighted by Gasteiger charge is -2.28. The number of aliphatic carboxylic acids is 2. The van der Waals surface area contributed by atoms with Gasteiger partial charge in [0.1, 0.15) is 18.1 Å². The molecule has 9 N–H and O–H groups in total. The third-order valence-electron chi connectivity index (χ3n) is 5.66. The van der Waals surface area contributed by atoms with Gasteiger partial charge < -0.3 is 37.6 Å². The van der Waals surface area contributed by atoms with Crippen LogP contribution in [0, 0.1) is 11.8 Å². The molecule has 34 heavy (non-hydrogen) atoms. The third-order valence-corrected chi connectivity index (χ3v) is 5.66. The zero-order chi connectivity index (χ0) is 26.4. The van der Waals surface area contributed by atoms with Gasteiger partial charge in [0.15, 0.2) is 0 Å². The van der Waals surface area contributed by atoms with E-state index in [9.17, 15) is 29.1 Å². The molecule has 196 valence electrons. The van der Waals surface area contributed by atoms with E-state index in [4.69, 9.17) is 16.6 Å². The highest BCUT2D eigenvalue weighted by atomic mass is 16.4. The summed E-state index contributed by atoms with van der Waals surface area (Å²) in [7, 11) is 0. The van der Waals surface area contributed by atoms with Crippen molar-refractivity contribution in [1.82, 2.24) is 16.0 Å². The molecule has 5 atom stereocenters. The molecule has 0 aliphatic carbocycles. The second-order valence-electron chi connectivity index (χ2n) is 8.82. The Morgan fingerprint density at radius 1 is 0.824 bits per heavy atom. The van der Waals surface area contributed by atoms with Gasteiger partial charge >= 0.3 is 11.9 Å². The normalized spacial score (nSPS) is 15.5. The number of nitrogens with two attached hydrogens (primary N) is 2. The van der Waals surface area contributed by atoms with Gasteiger partial charge in [-0.05, 0) is 44.1 Å². The molecule has 0 fully saturated rings. The van der Waals surface area contributed by atoms with Crippen LogP contribution in [0.4, 0.5) is 0 Å². The molecule has 0 saturated heterocycles. The molecule has 3 amide bonds. The van der Waals surface area contributed by atoms with Crippen molar-refractivity contribution >= 4 is 29.7 Å². The minimum atomic E-state index is -1.30. The Morgan fingerprint density at radius 2 is 1.41 bits per heavy atom. The summed E-state index contributed by atoms with van der Waals surface area (Å²) in [6, 6.07) is -4.36. The summed E-state index contributed by atoms with van der Waals surface area (Å²) in [6.07, 6.45) is 1.03. The zero-order valence-electron chi connectivity index (χ0n) is 20.5. The molecule has 0 saturated carbocycles. The summed E-state index contributed by atoms with van der Waals surface area (Å²) in [5.74, 6) is -4.92. The predicted octanol–water partition coefficient (Wildman–Crippen LogP) is -0.451. The highest BCUT2D eigenvalue weighted by molar-refractivity contribution is 5.94. The number of carboxylic acid groups (broad SMARTS) is 2. The minimum Gasteiger partial charge on any atom is -0.481 e. The molecule has 0 spiro atoms. The molecule has 12 heteroatoms. The topological polar surface area (TPSA) is 214 Å². The Bertz CT molecular complexity index is 701. The van der Waals surface area contributed by atoms with Crippen LogP contribution in [0.15, 0.2) is 0 Å². The monoisotopic (exact) mass is 487 g/mol. The molecule has 5 unspecified atom stereocenters. The predicted molar refractivity (Wildman–Crippen MR) is 125 cm³/mol. The van der Waals surface area contributed by atoms with Crippen LogP contribution in [0.2, 0.25) is 0 Å². The fourth-order valence-corrected chi connectivity index (χ4v) is 3.07. The van der Waals surface area contributed by atoms with Crippen LogP contribution in [0.25, 0.3) is 0 Å². The summed E-state index contributed by atoms with van der Waals surface area (Å²) < 4.78 is 0. The number of amides is 3. The van der Waals surface area contributed by atoms with Crippen LogP contribution >= 0.6 is 0 Å². The van der Waals surface area contributed by atoms with Gasteiger partial charge in [-0.2, -0.15) is 0 Å². The fraction of sp³-hybridized carbons (Fsp3) is 0.773. The standard InChI is InChI=1S/C22H41N5O7/c1-5-13(4)18(27-20(31)17(24)12(2)3)21(32)25-14(9-10-16(28)29)19(30)26-15(22(33)34)8-6-7-11-23/h12-15,17-18H,5-11,23-24H2,1-4H3,(H,25,32)(H,26,30)(H,27,31)(H,28,29)(H,33,34). The largest absolute Gasteiger partial charge is 0.481 e. The van der Waals surface area contributed by atoms with Gasteiger partial charge in [-0.25, -0.2) is 4.79 Å². The molecular weight excluding hydrogens is 446 g/mol. The molecule has 0 aromatic heterocycles. The van der Waals surface area contributed by atoms with Gasteiger partial charge in [0.25, 0.3) is 0 Å². The maximum atomic E-state index is 13.0. The second kappa shape index (κ2) is 16.0. The van der Waals surface area contributed by atoms with Crippen molar-refractivity contribution in [3.05, 3.63) is 0 Å². The Kier molecular flexibility index (Phi) is 14.7. The van der Waals surface area contributed by atoms with Crippen molar-refractivity contribution in [1.29, 1.82) is 0 Å². The summed E-state index contributed by atoms with van der Waals surface area (Å²) in [4.78, 5) is 60.9. The van der Waals surface area contributed by atoms with E-state index < -0.39 is 60.2 Å². The number of hydrogen-bond donors (Lipinski definition) is 7. The molecule has 0 radical (unpaired) electrons. The highest BCUT2D eigenvalue weighted by Gasteiger charge is 2.33. The molecular formula is C22H41N5O7. The van der Waals surface area contributed by atoms with Gasteiger partial charge in [0.05, 0.1) is 6.04 Å². The van der Waals surface area contributed by atoms with Crippen LogP contribution < -0.4 is 27.4 Å². The van der Waals surface area contributed by atoms with Crippen LogP contribution in [-0.2, 0) is 24.0 Å². The molecule has 0 heterocycles. The smallest absolute Gasteiger partial charge is 0.326 e. The Balaban J connectivity index is 5.58. The average molecular weight is 488 g/mol. The molecule has 0 aromatic rings. The van der Waals surface area contributed by atoms with Crippen LogP contribution in [-0.4, -0.2) is 70.6 Å². The van der Waals surface area contributed by atoms with Crippen molar-refractivity contribution in [2.24, 2.45) is 23.3 Å². The molecule has 0 aromatic carbocycles. The number of carbonyl (C=O) groups is 5. The lowest BCUT2D eigenvalue weighted by molar-refractivity contribution is -0.143. The SMILES string of the molecule is CCC(C)C(NC(=O)C(N)C(C)C)C(=O)NC(CCC(=O)O)C(=O)NC(CCCCN)C(=O)O. The number of unbranched alkanes of at least 4 members (excludes halogenated alkanes) is 1. The van der Waals surface area contributed by atoms with E-state index in [0.29, 0.717) is 25.8 Å². The van der Waals surface area contributed by atoms with Crippen LogP contribution in [0.1, 0.15) is 66.2 Å². The first kappa shape index (κ1) is 31.3. The van der Waals surface area contributed by atoms with E-state index in [1.807, 2.05) is 6.92 Å². The van der Waals surface area contributed by atoms with E-state index in [1.165, 1.54) is 0 Å². The van der Waals surface area contributed by atoms with Crippen molar-refractivity contribution in [3.63, 3.8) is 0 Å². The molecule has 0 bridgehead atoms. The Labute approximate surface area is 200 Å². The van der Waals surface area contributed by atoms with Crippen LogP contribution in [0.5, 0.6) is 0 Å². The number of hydrogen-bond acceptors (Lipinski definition) is 7. The lowest BCUT2D eigenvalue weighted by Crippen LogP contribution is -2.59. The highest BCUT2D eigenvalue weighted by Crippen LogP contribution is 2.11. The van der Waals surface area contributed by atoms with E-state index in [-0.39, 0.29) is 24.7 Å². The first-order valence-corrected chi connectivity index (χ1v) is 11.7. The summed E-state index contributed by atoms with van der Waals surface area (Å²) >= 11 is 0. The van der Waals surface area contributed by atoms with Gasteiger partial charge in [0.2, 0.25) is 17.7 Å². The number of carboxylic acids is 2. The maximum absolute atomic E-state index is 13.0. The summed E-state index contributed by atoms with van der Waals surface area (Å²) in [6.45, 7) is 7.48. The van der Waals surface area contributed by atoms with Crippen molar-refractivity contribution in [3.8, 4) is 0 Å². The van der Waals surface area contributed by atoms with Gasteiger partial charge in [0, 0.05) is 6.42 Å². The molecule has 0 aliphatic heterocycles. The Hall–Kier alpha value is -2.73. The lowest BCUT2D eigenvalue weighted by atomic mass is 9.96. The molecule has 12 nitrogen and oxygen atoms in total. The van der Waals surface area contributed by atoms with Gasteiger partial charge in [-0.15, -0.1) is 0 Å². The van der Waals surface area contributed by atoms with E-state index in [0.717, 1.165) is 0 Å². The minimum absolute atomic E-state index is 0.135. The van der Waals surface area contributed by atoms with Crippen molar-refractivity contribution < 1.29 is 34.2 Å². The average Bonchev–Trinajstić information content (AvgIpc) is 2.77. The fourth-order valence-electron chi connectivity index (χ4n) is 3.07. The molecule has 0 aliphatic rings. The number of nitrogens with one attached hydrogen (secondary N) is 3. The van der Waals surface area contributed by atoms with Crippen LogP contribution in [0.3, 0.4) is 0 Å². The van der Waals surface area contributed by atoms with E-state index in [1.54, 1.807) is 20.8 Å². The second-order valence-corrected chi connectivity index (χ2v) is 8.82. The summed E-state index contributed by atoms with van der Waals surface area (Å²) in [5.41, 5.74) is 11.3. The first-order valence-electron chi connectivity index (χ1n) is 11.7. The van der Waals surface area contributed by atoms with Crippen molar-refractivity contribution in [2.75, 3.05) is 6.54 Å². The zero-order valence-corrected chi connectivity index (χ0v) is 20.5. The Morgan fingerprint density at radius 3 is 1.88 bits per heavy atom. The first-order chi connectivity index (χ1) is 15.8. The molecule has 0 rings (SSSR count). The quantitative estimate of drug-likeness (QED) is 0.132. The van der Waals surface area contributed by atoms with E-state index >= 15 is 0 Å². The maximum Gasteiger partial charge on any atom is 0.326 e. The number of carbonyl (C=O) groups excluding carboxylic acids is 3. The van der Waals surface area contributed by atoms with Gasteiger partial charge in [-0.3, -0.25) is 19.2 Å².